The zero-order chi connectivity index (χ0) is 10.7. The third-order valence-corrected chi connectivity index (χ3v) is 2.34. The lowest BCUT2D eigenvalue weighted by atomic mass is 10.1. The number of aliphatic hydroxyl groups excluding tert-OH is 1. The van der Waals surface area contributed by atoms with Crippen LogP contribution < -0.4 is 0 Å². The van der Waals surface area contributed by atoms with Crippen molar-refractivity contribution in [1.82, 2.24) is 4.98 Å². The summed E-state index contributed by atoms with van der Waals surface area (Å²) in [4.78, 5) is 4.15. The average molecular weight is 199 g/mol. The second kappa shape index (κ2) is 4.24. The van der Waals surface area contributed by atoms with Gasteiger partial charge in [0.25, 0.3) is 0 Å². The number of rotatable bonds is 2. The first-order chi connectivity index (χ1) is 7.29. The van der Waals surface area contributed by atoms with Crippen molar-refractivity contribution in [3.63, 3.8) is 0 Å². The Morgan fingerprint density at radius 2 is 2.00 bits per heavy atom. The Balaban J connectivity index is 2.37. The smallest absolute Gasteiger partial charge is 0.0852 e. The third-order valence-electron chi connectivity index (χ3n) is 2.34. The monoisotopic (exact) mass is 199 g/mol. The van der Waals surface area contributed by atoms with Crippen LogP contribution in [0.1, 0.15) is 11.3 Å². The van der Waals surface area contributed by atoms with Gasteiger partial charge in [-0.1, -0.05) is 35.9 Å². The number of nitrogens with zero attached hydrogens (tertiary/aromatic N) is 1. The lowest BCUT2D eigenvalue weighted by Gasteiger charge is -2.03. The van der Waals surface area contributed by atoms with Crippen LogP contribution >= 0.6 is 0 Å². The molecule has 0 saturated heterocycles. The van der Waals surface area contributed by atoms with Gasteiger partial charge < -0.3 is 5.11 Å². The molecule has 1 aromatic heterocycles. The molecule has 2 heteroatoms. The molecule has 2 aromatic rings. The van der Waals surface area contributed by atoms with E-state index in [0.717, 1.165) is 11.1 Å². The van der Waals surface area contributed by atoms with Crippen LogP contribution in [0.3, 0.4) is 0 Å². The molecule has 0 radical (unpaired) electrons. The quantitative estimate of drug-likeness (QED) is 0.806. The van der Waals surface area contributed by atoms with E-state index >= 15 is 0 Å². The van der Waals surface area contributed by atoms with Gasteiger partial charge in [0.2, 0.25) is 0 Å². The van der Waals surface area contributed by atoms with Gasteiger partial charge in [-0.2, -0.15) is 0 Å². The summed E-state index contributed by atoms with van der Waals surface area (Å²) in [6.07, 6.45) is 1.79. The Morgan fingerprint density at radius 3 is 2.60 bits per heavy atom. The van der Waals surface area contributed by atoms with Crippen molar-refractivity contribution in [2.45, 2.75) is 13.5 Å². The maximum atomic E-state index is 8.88. The standard InChI is InChI=1S/C13H13NO/c1-10-3-2-4-11(7-10)12-5-6-13(9-15)14-8-12/h2-8,15H,9H2,1H3. The third kappa shape index (κ3) is 2.22. The first-order valence-electron chi connectivity index (χ1n) is 4.92. The molecule has 1 aromatic carbocycles. The second-order valence-electron chi connectivity index (χ2n) is 3.57. The minimum absolute atomic E-state index is 0.00586. The van der Waals surface area contributed by atoms with E-state index in [0.29, 0.717) is 5.69 Å². The highest BCUT2D eigenvalue weighted by Crippen LogP contribution is 2.19. The lowest BCUT2D eigenvalue weighted by Crippen LogP contribution is -1.88. The maximum Gasteiger partial charge on any atom is 0.0852 e. The molecule has 0 aliphatic heterocycles. The summed E-state index contributed by atoms with van der Waals surface area (Å²) in [7, 11) is 0. The molecule has 0 spiro atoms. The van der Waals surface area contributed by atoms with Crippen LogP contribution in [0.2, 0.25) is 0 Å². The van der Waals surface area contributed by atoms with Gasteiger partial charge in [-0.25, -0.2) is 0 Å². The van der Waals surface area contributed by atoms with Gasteiger partial charge >= 0.3 is 0 Å². The molecular weight excluding hydrogens is 186 g/mol. The van der Waals surface area contributed by atoms with E-state index in [9.17, 15) is 0 Å². The lowest BCUT2D eigenvalue weighted by molar-refractivity contribution is 0.277. The molecule has 0 aliphatic carbocycles. The molecule has 0 saturated carbocycles. The van der Waals surface area contributed by atoms with Gasteiger partial charge in [-0.15, -0.1) is 0 Å². The molecule has 0 amide bonds. The molecule has 0 unspecified atom stereocenters. The fourth-order valence-corrected chi connectivity index (χ4v) is 1.51. The van der Waals surface area contributed by atoms with E-state index in [1.807, 2.05) is 18.2 Å². The summed E-state index contributed by atoms with van der Waals surface area (Å²) in [5.74, 6) is 0. The number of aryl methyl sites for hydroxylation is 1. The summed E-state index contributed by atoms with van der Waals surface area (Å²) in [5, 5.41) is 8.88. The van der Waals surface area contributed by atoms with Gasteiger partial charge in [0.1, 0.15) is 0 Å². The van der Waals surface area contributed by atoms with Crippen LogP contribution in [0, 0.1) is 6.92 Å². The Bertz CT molecular complexity index is 448. The summed E-state index contributed by atoms with van der Waals surface area (Å²) in [5.41, 5.74) is 4.17. The van der Waals surface area contributed by atoms with E-state index in [1.54, 1.807) is 6.20 Å². The first-order valence-corrected chi connectivity index (χ1v) is 4.92. The Kier molecular flexibility index (Phi) is 2.79. The molecule has 1 heterocycles. The highest BCUT2D eigenvalue weighted by atomic mass is 16.3. The topological polar surface area (TPSA) is 33.1 Å². The van der Waals surface area contributed by atoms with Crippen LogP contribution in [0.15, 0.2) is 42.6 Å². The van der Waals surface area contributed by atoms with Crippen molar-refractivity contribution >= 4 is 0 Å². The van der Waals surface area contributed by atoms with Gasteiger partial charge in [0.15, 0.2) is 0 Å². The molecule has 0 fully saturated rings. The van der Waals surface area contributed by atoms with Crippen molar-refractivity contribution in [2.24, 2.45) is 0 Å². The molecule has 1 N–H and O–H groups in total. The van der Waals surface area contributed by atoms with Crippen LogP contribution in [-0.2, 0) is 6.61 Å². The predicted molar refractivity (Wildman–Crippen MR) is 60.3 cm³/mol. The van der Waals surface area contributed by atoms with Crippen LogP contribution in [-0.4, -0.2) is 10.1 Å². The zero-order valence-corrected chi connectivity index (χ0v) is 8.64. The number of hydrogen-bond donors (Lipinski definition) is 1. The normalized spacial score (nSPS) is 10.3. The number of hydrogen-bond acceptors (Lipinski definition) is 2. The molecule has 76 valence electrons. The van der Waals surface area contributed by atoms with Gasteiger partial charge in [0, 0.05) is 11.8 Å². The van der Waals surface area contributed by atoms with Gasteiger partial charge in [0.05, 0.1) is 12.3 Å². The van der Waals surface area contributed by atoms with E-state index < -0.39 is 0 Å². The van der Waals surface area contributed by atoms with Crippen molar-refractivity contribution in [3.8, 4) is 11.1 Å². The van der Waals surface area contributed by atoms with Crippen molar-refractivity contribution < 1.29 is 5.11 Å². The highest BCUT2D eigenvalue weighted by Gasteiger charge is 1.98. The average Bonchev–Trinajstić information content (AvgIpc) is 2.29. The Hall–Kier alpha value is -1.67. The number of aliphatic hydroxyl groups is 1. The van der Waals surface area contributed by atoms with E-state index in [1.165, 1.54) is 5.56 Å². The summed E-state index contributed by atoms with van der Waals surface area (Å²) in [6, 6.07) is 12.1. The molecule has 2 nitrogen and oxygen atoms in total. The molecule has 0 atom stereocenters. The molecule has 0 bridgehead atoms. The maximum absolute atomic E-state index is 8.88. The van der Waals surface area contributed by atoms with Crippen molar-refractivity contribution in [1.29, 1.82) is 0 Å². The van der Waals surface area contributed by atoms with Crippen LogP contribution in [0.4, 0.5) is 0 Å². The van der Waals surface area contributed by atoms with Crippen molar-refractivity contribution in [2.75, 3.05) is 0 Å². The highest BCUT2D eigenvalue weighted by molar-refractivity contribution is 5.63. The zero-order valence-electron chi connectivity index (χ0n) is 8.64. The summed E-state index contributed by atoms with van der Waals surface area (Å²) >= 11 is 0. The molecule has 2 rings (SSSR count). The first kappa shape index (κ1) is 9.87. The Morgan fingerprint density at radius 1 is 1.13 bits per heavy atom. The van der Waals surface area contributed by atoms with Gasteiger partial charge in [-0.3, -0.25) is 4.98 Å². The van der Waals surface area contributed by atoms with Crippen LogP contribution in [0.25, 0.3) is 11.1 Å². The minimum atomic E-state index is -0.00586. The second-order valence-corrected chi connectivity index (χ2v) is 3.57. The minimum Gasteiger partial charge on any atom is -0.390 e. The molecule has 0 aliphatic rings. The van der Waals surface area contributed by atoms with E-state index in [4.69, 9.17) is 5.11 Å². The number of aromatic nitrogens is 1. The van der Waals surface area contributed by atoms with E-state index in [2.05, 4.69) is 30.1 Å². The SMILES string of the molecule is Cc1cccc(-c2ccc(CO)nc2)c1. The molecular formula is C13H13NO. The summed E-state index contributed by atoms with van der Waals surface area (Å²) < 4.78 is 0. The van der Waals surface area contributed by atoms with Crippen LogP contribution in [0.5, 0.6) is 0 Å². The summed E-state index contributed by atoms with van der Waals surface area (Å²) in [6.45, 7) is 2.06. The van der Waals surface area contributed by atoms with Gasteiger partial charge in [-0.05, 0) is 18.6 Å². The predicted octanol–water partition coefficient (Wildman–Crippen LogP) is 2.55. The largest absolute Gasteiger partial charge is 0.390 e. The Labute approximate surface area is 89.2 Å². The number of pyridine rings is 1. The fraction of sp³-hybridized carbons (Fsp3) is 0.154. The van der Waals surface area contributed by atoms with Crippen molar-refractivity contribution in [3.05, 3.63) is 53.9 Å². The molecule has 15 heavy (non-hydrogen) atoms. The fourth-order valence-electron chi connectivity index (χ4n) is 1.51. The van der Waals surface area contributed by atoms with E-state index in [-0.39, 0.29) is 6.61 Å². The number of benzene rings is 1.